The van der Waals surface area contributed by atoms with Crippen LogP contribution in [0.1, 0.15) is 24.2 Å². The van der Waals surface area contributed by atoms with Gasteiger partial charge in [0.1, 0.15) is 0 Å². The van der Waals surface area contributed by atoms with Crippen molar-refractivity contribution in [1.82, 2.24) is 0 Å². The molecule has 0 N–H and O–H groups in total. The molecule has 5 heteroatoms. The second-order valence-electron chi connectivity index (χ2n) is 3.82. The molecule has 1 aromatic carbocycles. The summed E-state index contributed by atoms with van der Waals surface area (Å²) in [5.74, 6) is 0.153. The Balaban J connectivity index is 2.77. The molecule has 0 aliphatic rings. The number of methoxy groups -OCH3 is 1. The SMILES string of the molecule is COc1cccc(C=O)c1OCC(=O)OC(C)C. The third-order valence-electron chi connectivity index (χ3n) is 2.06. The summed E-state index contributed by atoms with van der Waals surface area (Å²) in [6.45, 7) is 3.23. The highest BCUT2D eigenvalue weighted by molar-refractivity contribution is 5.81. The van der Waals surface area contributed by atoms with Gasteiger partial charge in [0.2, 0.25) is 0 Å². The number of hydrogen-bond acceptors (Lipinski definition) is 5. The van der Waals surface area contributed by atoms with Crippen LogP contribution in [0.15, 0.2) is 18.2 Å². The average Bonchev–Trinajstić information content (AvgIpc) is 2.34. The Morgan fingerprint density at radius 2 is 2.11 bits per heavy atom. The highest BCUT2D eigenvalue weighted by atomic mass is 16.6. The number of benzene rings is 1. The van der Waals surface area contributed by atoms with Gasteiger partial charge in [-0.3, -0.25) is 4.79 Å². The van der Waals surface area contributed by atoms with Gasteiger partial charge >= 0.3 is 5.97 Å². The van der Waals surface area contributed by atoms with Gasteiger partial charge in [-0.1, -0.05) is 6.07 Å². The van der Waals surface area contributed by atoms with Crippen molar-refractivity contribution in [1.29, 1.82) is 0 Å². The zero-order chi connectivity index (χ0) is 13.5. The maximum atomic E-state index is 11.3. The highest BCUT2D eigenvalue weighted by Crippen LogP contribution is 2.29. The average molecular weight is 252 g/mol. The van der Waals surface area contributed by atoms with Crippen molar-refractivity contribution >= 4 is 12.3 Å². The molecule has 0 aliphatic carbocycles. The lowest BCUT2D eigenvalue weighted by Crippen LogP contribution is -2.19. The summed E-state index contributed by atoms with van der Waals surface area (Å²) in [5, 5.41) is 0. The number of carbonyl (C=O) groups excluding carboxylic acids is 2. The van der Waals surface area contributed by atoms with E-state index >= 15 is 0 Å². The summed E-state index contributed by atoms with van der Waals surface area (Å²) in [6, 6.07) is 4.90. The minimum atomic E-state index is -0.493. The Kier molecular flexibility index (Phi) is 5.17. The summed E-state index contributed by atoms with van der Waals surface area (Å²) in [4.78, 5) is 22.2. The van der Waals surface area contributed by atoms with Crippen LogP contribution < -0.4 is 9.47 Å². The first kappa shape index (κ1) is 14.0. The normalized spacial score (nSPS) is 10.0. The van der Waals surface area contributed by atoms with E-state index in [9.17, 15) is 9.59 Å². The molecule has 0 atom stereocenters. The highest BCUT2D eigenvalue weighted by Gasteiger charge is 2.13. The number of aldehydes is 1. The monoisotopic (exact) mass is 252 g/mol. The van der Waals surface area contributed by atoms with E-state index in [2.05, 4.69) is 0 Å². The number of esters is 1. The first-order valence-electron chi connectivity index (χ1n) is 5.53. The lowest BCUT2D eigenvalue weighted by Gasteiger charge is -2.13. The van der Waals surface area contributed by atoms with Crippen molar-refractivity contribution in [3.8, 4) is 11.5 Å². The van der Waals surface area contributed by atoms with Gasteiger partial charge in [0.05, 0.1) is 18.8 Å². The molecule has 0 saturated heterocycles. The molecule has 0 bridgehead atoms. The van der Waals surface area contributed by atoms with Crippen molar-refractivity contribution in [2.24, 2.45) is 0 Å². The van der Waals surface area contributed by atoms with Crippen molar-refractivity contribution < 1.29 is 23.8 Å². The molecular formula is C13H16O5. The maximum Gasteiger partial charge on any atom is 0.344 e. The predicted octanol–water partition coefficient (Wildman–Crippen LogP) is 1.84. The topological polar surface area (TPSA) is 61.8 Å². The molecule has 18 heavy (non-hydrogen) atoms. The van der Waals surface area contributed by atoms with Crippen LogP contribution in [0.25, 0.3) is 0 Å². The van der Waals surface area contributed by atoms with E-state index in [4.69, 9.17) is 14.2 Å². The van der Waals surface area contributed by atoms with Crippen LogP contribution in [0, 0.1) is 0 Å². The number of ether oxygens (including phenoxy) is 3. The summed E-state index contributed by atoms with van der Waals surface area (Å²) >= 11 is 0. The third kappa shape index (κ3) is 3.76. The number of rotatable bonds is 6. The zero-order valence-electron chi connectivity index (χ0n) is 10.6. The van der Waals surface area contributed by atoms with Crippen LogP contribution in [0.2, 0.25) is 0 Å². The van der Waals surface area contributed by atoms with Crippen molar-refractivity contribution in [3.05, 3.63) is 23.8 Å². The Morgan fingerprint density at radius 3 is 2.67 bits per heavy atom. The molecule has 0 heterocycles. The predicted molar refractivity (Wildman–Crippen MR) is 65.1 cm³/mol. The lowest BCUT2D eigenvalue weighted by atomic mass is 10.2. The maximum absolute atomic E-state index is 11.3. The Hall–Kier alpha value is -2.04. The molecule has 0 aliphatic heterocycles. The van der Waals surface area contributed by atoms with E-state index in [0.29, 0.717) is 17.6 Å². The van der Waals surface area contributed by atoms with Crippen molar-refractivity contribution in [2.75, 3.05) is 13.7 Å². The van der Waals surface area contributed by atoms with E-state index in [0.717, 1.165) is 0 Å². The van der Waals surface area contributed by atoms with E-state index < -0.39 is 5.97 Å². The van der Waals surface area contributed by atoms with E-state index in [1.54, 1.807) is 32.0 Å². The van der Waals surface area contributed by atoms with Crippen LogP contribution in [-0.2, 0) is 9.53 Å². The smallest absolute Gasteiger partial charge is 0.344 e. The quantitative estimate of drug-likeness (QED) is 0.571. The molecule has 0 spiro atoms. The fourth-order valence-electron chi connectivity index (χ4n) is 1.37. The molecule has 0 amide bonds. The molecule has 0 aromatic heterocycles. The molecular weight excluding hydrogens is 236 g/mol. The largest absolute Gasteiger partial charge is 0.493 e. The fraction of sp³-hybridized carbons (Fsp3) is 0.385. The van der Waals surface area contributed by atoms with Crippen LogP contribution >= 0.6 is 0 Å². The Labute approximate surface area is 106 Å². The Bertz CT molecular complexity index is 425. The second-order valence-corrected chi connectivity index (χ2v) is 3.82. The van der Waals surface area contributed by atoms with Gasteiger partial charge < -0.3 is 14.2 Å². The first-order valence-corrected chi connectivity index (χ1v) is 5.53. The summed E-state index contributed by atoms with van der Waals surface area (Å²) in [6.07, 6.45) is 0.440. The van der Waals surface area contributed by atoms with Crippen molar-refractivity contribution in [3.63, 3.8) is 0 Å². The van der Waals surface area contributed by atoms with E-state index in [-0.39, 0.29) is 18.5 Å². The summed E-state index contributed by atoms with van der Waals surface area (Å²) < 4.78 is 15.3. The van der Waals surface area contributed by atoms with Gasteiger partial charge in [-0.25, -0.2) is 4.79 Å². The van der Waals surface area contributed by atoms with Gasteiger partial charge in [0, 0.05) is 0 Å². The third-order valence-corrected chi connectivity index (χ3v) is 2.06. The number of para-hydroxylation sites is 1. The molecule has 98 valence electrons. The van der Waals surface area contributed by atoms with Gasteiger partial charge in [-0.2, -0.15) is 0 Å². The molecule has 0 unspecified atom stereocenters. The minimum absolute atomic E-state index is 0.204. The first-order chi connectivity index (χ1) is 8.58. The van der Waals surface area contributed by atoms with Crippen LogP contribution in [0.4, 0.5) is 0 Å². The lowest BCUT2D eigenvalue weighted by molar-refractivity contribution is -0.149. The van der Waals surface area contributed by atoms with Gasteiger partial charge in [0.25, 0.3) is 0 Å². The van der Waals surface area contributed by atoms with E-state index in [1.807, 2.05) is 0 Å². The van der Waals surface area contributed by atoms with Gasteiger partial charge in [-0.15, -0.1) is 0 Å². The fourth-order valence-corrected chi connectivity index (χ4v) is 1.37. The van der Waals surface area contributed by atoms with Crippen LogP contribution in [0.3, 0.4) is 0 Å². The molecule has 0 fully saturated rings. The molecule has 1 rings (SSSR count). The standard InChI is InChI=1S/C13H16O5/c1-9(2)18-12(15)8-17-13-10(7-14)5-4-6-11(13)16-3/h4-7,9H,8H2,1-3H3. The number of hydrogen-bond donors (Lipinski definition) is 0. The van der Waals surface area contributed by atoms with Crippen molar-refractivity contribution in [2.45, 2.75) is 20.0 Å². The molecule has 1 aromatic rings. The molecule has 5 nitrogen and oxygen atoms in total. The summed E-state index contributed by atoms with van der Waals surface area (Å²) in [7, 11) is 1.46. The second kappa shape index (κ2) is 6.64. The van der Waals surface area contributed by atoms with E-state index in [1.165, 1.54) is 7.11 Å². The van der Waals surface area contributed by atoms with Crippen LogP contribution in [0.5, 0.6) is 11.5 Å². The zero-order valence-corrected chi connectivity index (χ0v) is 10.6. The minimum Gasteiger partial charge on any atom is -0.493 e. The molecule has 0 radical (unpaired) electrons. The molecule has 0 saturated carbocycles. The summed E-state index contributed by atoms with van der Waals surface area (Å²) in [5.41, 5.74) is 0.326. The van der Waals surface area contributed by atoms with Gasteiger partial charge in [0.15, 0.2) is 24.4 Å². The Morgan fingerprint density at radius 1 is 1.39 bits per heavy atom. The number of carbonyl (C=O) groups is 2. The van der Waals surface area contributed by atoms with Crippen LogP contribution in [-0.4, -0.2) is 32.1 Å². The van der Waals surface area contributed by atoms with Gasteiger partial charge in [-0.05, 0) is 26.0 Å².